The molecule has 1 fully saturated rings. The lowest BCUT2D eigenvalue weighted by atomic mass is 10.0. The second-order valence-corrected chi connectivity index (χ2v) is 9.89. The summed E-state index contributed by atoms with van der Waals surface area (Å²) in [6.07, 6.45) is 15.9. The molecule has 1 aromatic rings. The molecule has 0 bridgehead atoms. The topological polar surface area (TPSA) is 37.1 Å². The molecule has 27 heavy (non-hydrogen) atoms. The van der Waals surface area contributed by atoms with Crippen molar-refractivity contribution in [2.24, 2.45) is 0 Å². The van der Waals surface area contributed by atoms with Crippen molar-refractivity contribution in [2.75, 3.05) is 0 Å². The molecule has 3 atom stereocenters. The molecular weight excluding hydrogens is 354 g/mol. The lowest BCUT2D eigenvalue weighted by Gasteiger charge is -2.07. The van der Waals surface area contributed by atoms with Gasteiger partial charge in [-0.05, 0) is 25.0 Å². The Balaban J connectivity index is 1.81. The number of sulfonamides is 1. The number of benzene rings is 1. The van der Waals surface area contributed by atoms with E-state index in [0.29, 0.717) is 4.90 Å². The Kier molecular flexibility index (Phi) is 9.84. The molecule has 1 aliphatic rings. The van der Waals surface area contributed by atoms with Gasteiger partial charge in [0.25, 0.3) is 0 Å². The molecule has 1 aliphatic heterocycles. The van der Waals surface area contributed by atoms with Crippen molar-refractivity contribution in [3.05, 3.63) is 30.3 Å². The summed E-state index contributed by atoms with van der Waals surface area (Å²) in [5.74, 6) is 0. The number of nitrogens with zero attached hydrogens (tertiary/aromatic N) is 1. The first-order chi connectivity index (χ1) is 13.1. The second kappa shape index (κ2) is 11.9. The van der Waals surface area contributed by atoms with Gasteiger partial charge in [-0.1, -0.05) is 103 Å². The van der Waals surface area contributed by atoms with E-state index in [4.69, 9.17) is 0 Å². The maximum Gasteiger partial charge on any atom is 0.243 e. The average molecular weight is 394 g/mol. The van der Waals surface area contributed by atoms with Gasteiger partial charge in [0.15, 0.2) is 0 Å². The third kappa shape index (κ3) is 6.90. The summed E-state index contributed by atoms with van der Waals surface area (Å²) < 4.78 is 27.8. The first-order valence-electron chi connectivity index (χ1n) is 11.2. The highest BCUT2D eigenvalue weighted by molar-refractivity contribution is 7.89. The van der Waals surface area contributed by atoms with Crippen LogP contribution in [0.1, 0.15) is 97.3 Å². The van der Waals surface area contributed by atoms with Gasteiger partial charge in [-0.15, -0.1) is 0 Å². The molecule has 0 aliphatic carbocycles. The molecule has 3 unspecified atom stereocenters. The number of hydrogen-bond acceptors (Lipinski definition) is 2. The summed E-state index contributed by atoms with van der Waals surface area (Å²) in [5.41, 5.74) is 0. The fourth-order valence-corrected chi connectivity index (χ4v) is 6.01. The van der Waals surface area contributed by atoms with E-state index in [2.05, 4.69) is 13.8 Å². The Morgan fingerprint density at radius 3 is 1.70 bits per heavy atom. The first-order valence-corrected chi connectivity index (χ1v) is 12.7. The Morgan fingerprint density at radius 2 is 1.15 bits per heavy atom. The van der Waals surface area contributed by atoms with Crippen molar-refractivity contribution in [2.45, 2.75) is 114 Å². The number of unbranched alkanes of at least 4 members (excludes halogenated alkanes) is 9. The predicted octanol–water partition coefficient (Wildman–Crippen LogP) is 6.54. The maximum atomic E-state index is 13.0. The quantitative estimate of drug-likeness (QED) is 0.250. The van der Waals surface area contributed by atoms with Gasteiger partial charge in [0, 0.05) is 12.1 Å². The molecule has 0 radical (unpaired) electrons. The minimum absolute atomic E-state index is 0.228. The minimum Gasteiger partial charge on any atom is -0.207 e. The third-order valence-corrected chi connectivity index (χ3v) is 7.75. The van der Waals surface area contributed by atoms with Crippen molar-refractivity contribution in [3.63, 3.8) is 0 Å². The Labute approximate surface area is 167 Å². The summed E-state index contributed by atoms with van der Waals surface area (Å²) in [6, 6.07) is 9.41. The Bertz CT molecular complexity index is 615. The van der Waals surface area contributed by atoms with Crippen molar-refractivity contribution in [1.82, 2.24) is 4.31 Å². The molecule has 4 heteroatoms. The van der Waals surface area contributed by atoms with Gasteiger partial charge in [0.1, 0.15) is 0 Å². The monoisotopic (exact) mass is 393 g/mol. The van der Waals surface area contributed by atoms with Gasteiger partial charge < -0.3 is 0 Å². The van der Waals surface area contributed by atoms with E-state index in [9.17, 15) is 8.42 Å². The highest BCUT2D eigenvalue weighted by Gasteiger charge is 2.53. The van der Waals surface area contributed by atoms with Crippen LogP contribution in [0.5, 0.6) is 0 Å². The molecule has 0 spiro atoms. The second-order valence-electron chi connectivity index (χ2n) is 8.04. The van der Waals surface area contributed by atoms with Crippen LogP contribution < -0.4 is 0 Å². The van der Waals surface area contributed by atoms with Gasteiger partial charge in [-0.3, -0.25) is 0 Å². The zero-order valence-electron chi connectivity index (χ0n) is 17.4. The molecule has 1 aromatic carbocycles. The van der Waals surface area contributed by atoms with Gasteiger partial charge in [-0.2, -0.15) is 4.31 Å². The van der Waals surface area contributed by atoms with E-state index in [1.165, 1.54) is 57.8 Å². The van der Waals surface area contributed by atoms with Crippen LogP contribution in [0, 0.1) is 0 Å². The molecule has 0 aromatic heterocycles. The minimum atomic E-state index is -3.33. The maximum absolute atomic E-state index is 13.0. The largest absolute Gasteiger partial charge is 0.243 e. The van der Waals surface area contributed by atoms with Crippen molar-refractivity contribution < 1.29 is 8.42 Å². The van der Waals surface area contributed by atoms with E-state index in [1.807, 2.05) is 18.2 Å². The fraction of sp³-hybridized carbons (Fsp3) is 0.739. The predicted molar refractivity (Wildman–Crippen MR) is 114 cm³/mol. The molecule has 0 saturated carbocycles. The SMILES string of the molecule is CCCCCCCCCCC1C(CCCCC)N1S(=O)(=O)c1ccccc1. The molecule has 2 rings (SSSR count). The van der Waals surface area contributed by atoms with Crippen LogP contribution in [0.25, 0.3) is 0 Å². The van der Waals surface area contributed by atoms with Gasteiger partial charge in [0.2, 0.25) is 10.0 Å². The van der Waals surface area contributed by atoms with Crippen LogP contribution in [0.15, 0.2) is 35.2 Å². The Morgan fingerprint density at radius 1 is 0.704 bits per heavy atom. The van der Waals surface area contributed by atoms with Crippen LogP contribution >= 0.6 is 0 Å². The van der Waals surface area contributed by atoms with E-state index < -0.39 is 10.0 Å². The van der Waals surface area contributed by atoms with E-state index in [-0.39, 0.29) is 12.1 Å². The Hall–Kier alpha value is -0.870. The summed E-state index contributed by atoms with van der Waals surface area (Å²) in [5, 5.41) is 0. The smallest absolute Gasteiger partial charge is 0.207 e. The highest BCUT2D eigenvalue weighted by atomic mass is 32.2. The van der Waals surface area contributed by atoms with Crippen molar-refractivity contribution in [1.29, 1.82) is 0 Å². The summed E-state index contributed by atoms with van der Waals surface area (Å²) >= 11 is 0. The lowest BCUT2D eigenvalue weighted by molar-refractivity contribution is 0.524. The molecule has 154 valence electrons. The number of hydrogen-bond donors (Lipinski definition) is 0. The highest BCUT2D eigenvalue weighted by Crippen LogP contribution is 2.41. The summed E-state index contributed by atoms with van der Waals surface area (Å²) in [6.45, 7) is 4.45. The standard InChI is InChI=1S/C23H39NO2S/c1-3-5-7-8-9-10-11-16-20-23-22(19-13-6-4-2)24(23)27(25,26)21-17-14-12-15-18-21/h12,14-15,17-18,22-23H,3-11,13,16,19-20H2,1-2H3. The third-order valence-electron chi connectivity index (χ3n) is 5.78. The molecule has 0 N–H and O–H groups in total. The van der Waals surface area contributed by atoms with Gasteiger partial charge in [-0.25, -0.2) is 8.42 Å². The fourth-order valence-electron chi connectivity index (χ4n) is 4.11. The number of rotatable bonds is 15. The average Bonchev–Trinajstić information content (AvgIpc) is 3.38. The van der Waals surface area contributed by atoms with Crippen LogP contribution in [0.3, 0.4) is 0 Å². The summed E-state index contributed by atoms with van der Waals surface area (Å²) in [7, 11) is -3.33. The zero-order chi connectivity index (χ0) is 19.5. The molecule has 1 saturated heterocycles. The molecule has 1 heterocycles. The van der Waals surface area contributed by atoms with E-state index in [1.54, 1.807) is 16.4 Å². The van der Waals surface area contributed by atoms with E-state index in [0.717, 1.165) is 25.7 Å². The lowest BCUT2D eigenvalue weighted by Crippen LogP contribution is -2.16. The molecule has 0 amide bonds. The zero-order valence-corrected chi connectivity index (χ0v) is 18.2. The van der Waals surface area contributed by atoms with Crippen molar-refractivity contribution in [3.8, 4) is 0 Å². The normalized spacial score (nSPS) is 22.1. The van der Waals surface area contributed by atoms with Crippen LogP contribution in [-0.4, -0.2) is 24.8 Å². The van der Waals surface area contributed by atoms with Crippen LogP contribution in [0.4, 0.5) is 0 Å². The van der Waals surface area contributed by atoms with Crippen molar-refractivity contribution >= 4 is 10.0 Å². The summed E-state index contributed by atoms with van der Waals surface area (Å²) in [4.78, 5) is 0.448. The van der Waals surface area contributed by atoms with Gasteiger partial charge in [0.05, 0.1) is 4.90 Å². The molecular formula is C23H39NO2S. The first kappa shape index (κ1) is 22.4. The van der Waals surface area contributed by atoms with Crippen LogP contribution in [-0.2, 0) is 10.0 Å². The van der Waals surface area contributed by atoms with Gasteiger partial charge >= 0.3 is 0 Å². The van der Waals surface area contributed by atoms with Crippen LogP contribution in [0.2, 0.25) is 0 Å². The van der Waals surface area contributed by atoms with E-state index >= 15 is 0 Å². The molecule has 3 nitrogen and oxygen atoms in total.